The Morgan fingerprint density at radius 1 is 1.07 bits per heavy atom. The van der Waals surface area contributed by atoms with Gasteiger partial charge in [0.1, 0.15) is 0 Å². The lowest BCUT2D eigenvalue weighted by Crippen LogP contribution is -2.35. The molecule has 3 aromatic heterocycles. The molecule has 0 unspecified atom stereocenters. The molecule has 0 spiro atoms. The van der Waals surface area contributed by atoms with E-state index in [4.69, 9.17) is 4.52 Å². The second-order valence-electron chi connectivity index (χ2n) is 6.88. The lowest BCUT2D eigenvalue weighted by molar-refractivity contribution is -0.131. The van der Waals surface area contributed by atoms with Crippen molar-refractivity contribution in [3.8, 4) is 11.4 Å². The summed E-state index contributed by atoms with van der Waals surface area (Å²) >= 11 is 0. The van der Waals surface area contributed by atoms with Crippen LogP contribution in [-0.4, -0.2) is 62.1 Å². The van der Waals surface area contributed by atoms with E-state index in [9.17, 15) is 4.79 Å². The number of nitrogens with zero attached hydrogens (tertiary/aromatic N) is 7. The van der Waals surface area contributed by atoms with Crippen LogP contribution < -0.4 is 4.90 Å². The maximum absolute atomic E-state index is 12.6. The molecule has 29 heavy (non-hydrogen) atoms. The maximum Gasteiger partial charge on any atom is 0.226 e. The molecule has 1 fully saturated rings. The van der Waals surface area contributed by atoms with Crippen molar-refractivity contribution in [1.82, 2.24) is 30.0 Å². The number of aryl methyl sites for hydroxylation is 1. The standard InChI is InChI=1S/C20H23N7O2/c28-18(26-11-4-12-27(14-13-26)20-22-9-3-10-23-20)7-1-6-17-24-19(25-29-17)16-5-2-8-21-15-16/h2-3,5,8-10,15H,1,4,6-7,11-14H2. The highest BCUT2D eigenvalue weighted by molar-refractivity contribution is 5.76. The molecule has 0 saturated carbocycles. The predicted molar refractivity (Wildman–Crippen MR) is 106 cm³/mol. The molecule has 9 heteroatoms. The molecule has 1 amide bonds. The van der Waals surface area contributed by atoms with Crippen molar-refractivity contribution in [2.45, 2.75) is 25.7 Å². The second kappa shape index (κ2) is 9.22. The Hall–Kier alpha value is -3.36. The van der Waals surface area contributed by atoms with Crippen LogP contribution >= 0.6 is 0 Å². The van der Waals surface area contributed by atoms with Gasteiger partial charge in [-0.15, -0.1) is 0 Å². The van der Waals surface area contributed by atoms with Crippen molar-refractivity contribution in [1.29, 1.82) is 0 Å². The van der Waals surface area contributed by atoms with Gasteiger partial charge in [0.15, 0.2) is 0 Å². The van der Waals surface area contributed by atoms with Gasteiger partial charge in [0.2, 0.25) is 23.6 Å². The number of pyridine rings is 1. The van der Waals surface area contributed by atoms with E-state index >= 15 is 0 Å². The van der Waals surface area contributed by atoms with Crippen LogP contribution in [0.5, 0.6) is 0 Å². The van der Waals surface area contributed by atoms with Gasteiger partial charge in [-0.05, 0) is 31.0 Å². The third kappa shape index (κ3) is 4.92. The van der Waals surface area contributed by atoms with Gasteiger partial charge in [-0.3, -0.25) is 9.78 Å². The zero-order valence-corrected chi connectivity index (χ0v) is 16.1. The summed E-state index contributed by atoms with van der Waals surface area (Å²) in [6.45, 7) is 3.04. The van der Waals surface area contributed by atoms with Crippen LogP contribution in [0, 0.1) is 0 Å². The Kier molecular flexibility index (Phi) is 6.04. The average molecular weight is 393 g/mol. The summed E-state index contributed by atoms with van der Waals surface area (Å²) in [5.41, 5.74) is 0.815. The highest BCUT2D eigenvalue weighted by Gasteiger charge is 2.20. The van der Waals surface area contributed by atoms with Gasteiger partial charge in [0.05, 0.1) is 0 Å². The first kappa shape index (κ1) is 19.0. The molecule has 0 atom stereocenters. The number of amides is 1. The van der Waals surface area contributed by atoms with Gasteiger partial charge >= 0.3 is 0 Å². The minimum atomic E-state index is 0.160. The number of hydrogen-bond acceptors (Lipinski definition) is 8. The lowest BCUT2D eigenvalue weighted by Gasteiger charge is -2.22. The highest BCUT2D eigenvalue weighted by atomic mass is 16.5. The quantitative estimate of drug-likeness (QED) is 0.627. The second-order valence-corrected chi connectivity index (χ2v) is 6.88. The van der Waals surface area contributed by atoms with Crippen LogP contribution in [0.15, 0.2) is 47.5 Å². The Morgan fingerprint density at radius 2 is 1.97 bits per heavy atom. The molecule has 0 radical (unpaired) electrons. The summed E-state index contributed by atoms with van der Waals surface area (Å²) in [6, 6.07) is 5.52. The predicted octanol–water partition coefficient (Wildman–Crippen LogP) is 1.98. The van der Waals surface area contributed by atoms with E-state index in [0.29, 0.717) is 37.5 Å². The Morgan fingerprint density at radius 3 is 2.79 bits per heavy atom. The van der Waals surface area contributed by atoms with Gasteiger partial charge in [-0.1, -0.05) is 5.16 Å². The number of carbonyl (C=O) groups excluding carboxylic acids is 1. The summed E-state index contributed by atoms with van der Waals surface area (Å²) < 4.78 is 5.30. The Balaban J connectivity index is 1.24. The van der Waals surface area contributed by atoms with Gasteiger partial charge in [0.25, 0.3) is 0 Å². The fourth-order valence-electron chi connectivity index (χ4n) is 3.34. The van der Waals surface area contributed by atoms with Gasteiger partial charge in [-0.2, -0.15) is 4.98 Å². The van der Waals surface area contributed by atoms with Crippen LogP contribution in [0.2, 0.25) is 0 Å². The number of anilines is 1. The number of carbonyl (C=O) groups is 1. The summed E-state index contributed by atoms with van der Waals surface area (Å²) in [5, 5.41) is 3.98. The lowest BCUT2D eigenvalue weighted by atomic mass is 10.2. The van der Waals surface area contributed by atoms with Crippen LogP contribution in [0.3, 0.4) is 0 Å². The average Bonchev–Trinajstić information content (AvgIpc) is 3.10. The first-order valence-corrected chi connectivity index (χ1v) is 9.82. The molecule has 1 saturated heterocycles. The van der Waals surface area contributed by atoms with E-state index in [-0.39, 0.29) is 5.91 Å². The maximum atomic E-state index is 12.6. The van der Waals surface area contributed by atoms with Gasteiger partial charge in [0, 0.05) is 69.4 Å². The third-order valence-electron chi connectivity index (χ3n) is 4.85. The minimum absolute atomic E-state index is 0.160. The fourth-order valence-corrected chi connectivity index (χ4v) is 3.34. The fraction of sp³-hybridized carbons (Fsp3) is 0.400. The Bertz CT molecular complexity index is 917. The molecule has 150 valence electrons. The van der Waals surface area contributed by atoms with Crippen molar-refractivity contribution in [2.24, 2.45) is 0 Å². The first-order chi connectivity index (χ1) is 14.3. The smallest absolute Gasteiger partial charge is 0.226 e. The first-order valence-electron chi connectivity index (χ1n) is 9.82. The largest absolute Gasteiger partial charge is 0.341 e. The van der Waals surface area contributed by atoms with Gasteiger partial charge in [-0.25, -0.2) is 9.97 Å². The zero-order chi connectivity index (χ0) is 19.9. The molecular weight excluding hydrogens is 370 g/mol. The highest BCUT2D eigenvalue weighted by Crippen LogP contribution is 2.15. The van der Waals surface area contributed by atoms with Crippen molar-refractivity contribution in [3.05, 3.63) is 48.9 Å². The molecule has 0 aliphatic carbocycles. The summed E-state index contributed by atoms with van der Waals surface area (Å²) in [6.07, 6.45) is 9.51. The summed E-state index contributed by atoms with van der Waals surface area (Å²) in [7, 11) is 0. The van der Waals surface area contributed by atoms with E-state index in [0.717, 1.165) is 37.6 Å². The normalized spacial score (nSPS) is 14.6. The molecule has 0 N–H and O–H groups in total. The third-order valence-corrected chi connectivity index (χ3v) is 4.85. The number of rotatable bonds is 6. The van der Waals surface area contributed by atoms with Gasteiger partial charge < -0.3 is 14.3 Å². The molecule has 3 aromatic rings. The zero-order valence-electron chi connectivity index (χ0n) is 16.1. The number of hydrogen-bond donors (Lipinski definition) is 0. The molecule has 4 heterocycles. The topological polar surface area (TPSA) is 101 Å². The van der Waals surface area contributed by atoms with Crippen molar-refractivity contribution in [2.75, 3.05) is 31.1 Å². The van der Waals surface area contributed by atoms with Crippen molar-refractivity contribution < 1.29 is 9.32 Å². The van der Waals surface area contributed by atoms with E-state index in [2.05, 4.69) is 30.0 Å². The summed E-state index contributed by atoms with van der Waals surface area (Å²) in [4.78, 5) is 33.7. The minimum Gasteiger partial charge on any atom is -0.341 e. The van der Waals surface area contributed by atoms with Crippen molar-refractivity contribution in [3.63, 3.8) is 0 Å². The van der Waals surface area contributed by atoms with E-state index in [1.54, 1.807) is 30.9 Å². The monoisotopic (exact) mass is 393 g/mol. The van der Waals surface area contributed by atoms with Crippen molar-refractivity contribution >= 4 is 11.9 Å². The van der Waals surface area contributed by atoms with E-state index in [1.807, 2.05) is 17.0 Å². The van der Waals surface area contributed by atoms with Crippen LogP contribution in [0.4, 0.5) is 5.95 Å². The van der Waals surface area contributed by atoms with Crippen LogP contribution in [0.1, 0.15) is 25.2 Å². The van der Waals surface area contributed by atoms with Crippen LogP contribution in [-0.2, 0) is 11.2 Å². The molecule has 9 nitrogen and oxygen atoms in total. The molecule has 1 aliphatic rings. The molecule has 4 rings (SSSR count). The van der Waals surface area contributed by atoms with Crippen LogP contribution in [0.25, 0.3) is 11.4 Å². The molecule has 0 aromatic carbocycles. The molecule has 0 bridgehead atoms. The van der Waals surface area contributed by atoms with E-state index < -0.39 is 0 Å². The number of aromatic nitrogens is 5. The molecular formula is C20H23N7O2. The Labute approximate surface area is 168 Å². The molecule has 1 aliphatic heterocycles. The summed E-state index contributed by atoms with van der Waals surface area (Å²) in [5.74, 6) is 1.95. The van der Waals surface area contributed by atoms with E-state index in [1.165, 1.54) is 0 Å². The SMILES string of the molecule is O=C(CCCc1nc(-c2cccnc2)no1)N1CCCN(c2ncccn2)CC1.